The number of nitrogens with zero attached hydrogens (tertiary/aromatic N) is 3. The van der Waals surface area contributed by atoms with Crippen LogP contribution in [-0.4, -0.2) is 39.7 Å². The highest BCUT2D eigenvalue weighted by Crippen LogP contribution is 2.16. The fraction of sp³-hybridized carbons (Fsp3) is 0.412. The van der Waals surface area contributed by atoms with Crippen LogP contribution in [0.15, 0.2) is 42.7 Å². The largest absolute Gasteiger partial charge is 0.381 e. The molecule has 0 saturated carbocycles. The van der Waals surface area contributed by atoms with Crippen LogP contribution in [0, 0.1) is 6.92 Å². The summed E-state index contributed by atoms with van der Waals surface area (Å²) in [6, 6.07) is 10.5. The van der Waals surface area contributed by atoms with E-state index >= 15 is 0 Å². The van der Waals surface area contributed by atoms with Crippen LogP contribution in [-0.2, 0) is 11.3 Å². The molecule has 1 unspecified atom stereocenters. The molecule has 3 rings (SSSR count). The van der Waals surface area contributed by atoms with E-state index in [1.807, 2.05) is 36.2 Å². The lowest BCUT2D eigenvalue weighted by atomic mass is 10.1. The second kappa shape index (κ2) is 6.64. The summed E-state index contributed by atoms with van der Waals surface area (Å²) in [7, 11) is 0. The Morgan fingerprint density at radius 1 is 1.36 bits per heavy atom. The van der Waals surface area contributed by atoms with Gasteiger partial charge >= 0.3 is 0 Å². The third-order valence-corrected chi connectivity index (χ3v) is 3.98. The number of hydrogen-bond donors (Lipinski definition) is 1. The third kappa shape index (κ3) is 3.67. The van der Waals surface area contributed by atoms with Crippen molar-refractivity contribution in [3.05, 3.63) is 48.3 Å². The highest BCUT2D eigenvalue weighted by molar-refractivity contribution is 5.76. The zero-order valence-electron chi connectivity index (χ0n) is 12.9. The molecule has 1 saturated heterocycles. The van der Waals surface area contributed by atoms with E-state index < -0.39 is 0 Å². The molecule has 0 radical (unpaired) electrons. The average molecular weight is 298 g/mol. The minimum atomic E-state index is 0.141. The molecule has 0 bridgehead atoms. The number of para-hydroxylation sites is 1. The Morgan fingerprint density at radius 2 is 2.18 bits per heavy atom. The quantitative estimate of drug-likeness (QED) is 0.942. The molecule has 1 amide bonds. The zero-order chi connectivity index (χ0) is 15.4. The van der Waals surface area contributed by atoms with E-state index in [-0.39, 0.29) is 5.91 Å². The number of benzene rings is 1. The van der Waals surface area contributed by atoms with Gasteiger partial charge in [-0.2, -0.15) is 5.10 Å². The highest BCUT2D eigenvalue weighted by Gasteiger charge is 2.23. The Hall–Kier alpha value is -2.30. The Labute approximate surface area is 130 Å². The van der Waals surface area contributed by atoms with Crippen LogP contribution >= 0.6 is 0 Å². The molecule has 2 aromatic rings. The first-order chi connectivity index (χ1) is 10.7. The lowest BCUT2D eigenvalue weighted by molar-refractivity contribution is -0.133. The fourth-order valence-electron chi connectivity index (χ4n) is 2.88. The van der Waals surface area contributed by atoms with Gasteiger partial charge in [0.05, 0.1) is 6.20 Å². The molecule has 0 aliphatic carbocycles. The van der Waals surface area contributed by atoms with Gasteiger partial charge < -0.3 is 10.2 Å². The zero-order valence-corrected chi connectivity index (χ0v) is 12.9. The monoisotopic (exact) mass is 298 g/mol. The van der Waals surface area contributed by atoms with Crippen LogP contribution < -0.4 is 5.32 Å². The second-order valence-corrected chi connectivity index (χ2v) is 5.90. The van der Waals surface area contributed by atoms with Gasteiger partial charge in [-0.1, -0.05) is 18.2 Å². The Balaban J connectivity index is 1.57. The Kier molecular flexibility index (Phi) is 4.42. The van der Waals surface area contributed by atoms with Gasteiger partial charge in [0.2, 0.25) is 5.91 Å². The number of hydrogen-bond acceptors (Lipinski definition) is 3. The molecule has 22 heavy (non-hydrogen) atoms. The van der Waals surface area contributed by atoms with E-state index in [1.165, 1.54) is 0 Å². The number of nitrogens with one attached hydrogen (secondary N) is 1. The number of anilines is 1. The summed E-state index contributed by atoms with van der Waals surface area (Å²) in [6.45, 7) is 3.90. The minimum Gasteiger partial charge on any atom is -0.381 e. The number of carbonyl (C=O) groups excluding carboxylic acids is 1. The molecule has 1 aromatic carbocycles. The summed E-state index contributed by atoms with van der Waals surface area (Å²) >= 11 is 0. The van der Waals surface area contributed by atoms with Crippen LogP contribution in [0.4, 0.5) is 5.69 Å². The van der Waals surface area contributed by atoms with Crippen molar-refractivity contribution in [2.45, 2.75) is 32.4 Å². The molecule has 1 aliphatic rings. The fourth-order valence-corrected chi connectivity index (χ4v) is 2.88. The number of aryl methyl sites for hydroxylation is 1. The predicted octanol–water partition coefficient (Wildman–Crippen LogP) is 2.29. The van der Waals surface area contributed by atoms with Gasteiger partial charge in [-0.25, -0.2) is 0 Å². The number of carbonyl (C=O) groups is 1. The molecule has 5 heteroatoms. The topological polar surface area (TPSA) is 50.2 Å². The number of piperidine rings is 1. The van der Waals surface area contributed by atoms with Crippen LogP contribution in [0.5, 0.6) is 0 Å². The molecule has 1 N–H and O–H groups in total. The summed E-state index contributed by atoms with van der Waals surface area (Å²) in [5, 5.41) is 7.71. The molecular weight excluding hydrogens is 276 g/mol. The molecular formula is C17H22N4O. The van der Waals surface area contributed by atoms with Crippen LogP contribution in [0.2, 0.25) is 0 Å². The van der Waals surface area contributed by atoms with Gasteiger partial charge in [0.25, 0.3) is 0 Å². The highest BCUT2D eigenvalue weighted by atomic mass is 16.2. The van der Waals surface area contributed by atoms with Gasteiger partial charge in [0.15, 0.2) is 0 Å². The van der Waals surface area contributed by atoms with E-state index in [1.54, 1.807) is 10.9 Å². The van der Waals surface area contributed by atoms with Crippen LogP contribution in [0.25, 0.3) is 0 Å². The lowest BCUT2D eigenvalue weighted by Gasteiger charge is -2.33. The number of likely N-dealkylation sites (tertiary alicyclic amines) is 1. The second-order valence-electron chi connectivity index (χ2n) is 5.90. The van der Waals surface area contributed by atoms with Crippen molar-refractivity contribution in [1.29, 1.82) is 0 Å². The van der Waals surface area contributed by atoms with E-state index in [0.29, 0.717) is 12.6 Å². The first-order valence-corrected chi connectivity index (χ1v) is 7.79. The Morgan fingerprint density at radius 3 is 2.91 bits per heavy atom. The molecule has 1 aromatic heterocycles. The molecule has 2 heterocycles. The number of rotatable bonds is 4. The number of aromatic nitrogens is 2. The van der Waals surface area contributed by atoms with Gasteiger partial charge in [-0.15, -0.1) is 0 Å². The van der Waals surface area contributed by atoms with Gasteiger partial charge in [-0.05, 0) is 37.5 Å². The van der Waals surface area contributed by atoms with Crippen molar-refractivity contribution in [3.8, 4) is 0 Å². The van der Waals surface area contributed by atoms with Crippen LogP contribution in [0.1, 0.15) is 18.4 Å². The molecule has 1 aliphatic heterocycles. The minimum absolute atomic E-state index is 0.141. The summed E-state index contributed by atoms with van der Waals surface area (Å²) in [6.07, 6.45) is 5.82. The normalized spacial score (nSPS) is 18.2. The number of amides is 1. The van der Waals surface area contributed by atoms with Gasteiger partial charge in [-0.3, -0.25) is 9.48 Å². The van der Waals surface area contributed by atoms with Crippen molar-refractivity contribution in [2.24, 2.45) is 0 Å². The maximum absolute atomic E-state index is 12.4. The third-order valence-electron chi connectivity index (χ3n) is 3.98. The van der Waals surface area contributed by atoms with Gasteiger partial charge in [0.1, 0.15) is 6.54 Å². The smallest absolute Gasteiger partial charge is 0.244 e. The summed E-state index contributed by atoms with van der Waals surface area (Å²) in [5.41, 5.74) is 2.19. The standard InChI is InChI=1S/C17H22N4O/c1-14-10-18-21(11-14)13-17(22)20-9-5-8-16(12-20)19-15-6-3-2-4-7-15/h2-4,6-7,10-11,16,19H,5,8-9,12-13H2,1H3. The molecule has 0 spiro atoms. The lowest BCUT2D eigenvalue weighted by Crippen LogP contribution is -2.46. The van der Waals surface area contributed by atoms with Crippen molar-refractivity contribution >= 4 is 11.6 Å². The molecule has 116 valence electrons. The van der Waals surface area contributed by atoms with E-state index in [2.05, 4.69) is 22.5 Å². The predicted molar refractivity (Wildman–Crippen MR) is 86.6 cm³/mol. The first kappa shape index (κ1) is 14.6. The summed E-state index contributed by atoms with van der Waals surface area (Å²) in [4.78, 5) is 14.4. The molecule has 1 atom stereocenters. The van der Waals surface area contributed by atoms with Crippen molar-refractivity contribution in [1.82, 2.24) is 14.7 Å². The Bertz CT molecular complexity index is 623. The maximum Gasteiger partial charge on any atom is 0.244 e. The summed E-state index contributed by atoms with van der Waals surface area (Å²) < 4.78 is 1.71. The SMILES string of the molecule is Cc1cnn(CC(=O)N2CCCC(Nc3ccccc3)C2)c1. The van der Waals surface area contributed by atoms with Gasteiger partial charge in [0, 0.05) is 31.0 Å². The molecule has 5 nitrogen and oxygen atoms in total. The first-order valence-electron chi connectivity index (χ1n) is 7.79. The maximum atomic E-state index is 12.4. The van der Waals surface area contributed by atoms with Crippen molar-refractivity contribution in [3.63, 3.8) is 0 Å². The van der Waals surface area contributed by atoms with E-state index in [0.717, 1.165) is 37.2 Å². The average Bonchev–Trinajstić information content (AvgIpc) is 2.93. The van der Waals surface area contributed by atoms with Crippen molar-refractivity contribution < 1.29 is 4.79 Å². The van der Waals surface area contributed by atoms with Crippen molar-refractivity contribution in [2.75, 3.05) is 18.4 Å². The van der Waals surface area contributed by atoms with E-state index in [4.69, 9.17) is 0 Å². The molecule has 1 fully saturated rings. The van der Waals surface area contributed by atoms with E-state index in [9.17, 15) is 4.79 Å². The van der Waals surface area contributed by atoms with Crippen LogP contribution in [0.3, 0.4) is 0 Å². The summed E-state index contributed by atoms with van der Waals surface area (Å²) in [5.74, 6) is 0.141.